The number of rotatable bonds is 13. The largest absolute Gasteiger partial charge is 0.484 e. The minimum Gasteiger partial charge on any atom is -0.484 e. The van der Waals surface area contributed by atoms with Gasteiger partial charge in [0.25, 0.3) is 0 Å². The normalized spacial score (nSPS) is 12.6. The lowest BCUT2D eigenvalue weighted by atomic mass is 9.96. The van der Waals surface area contributed by atoms with Gasteiger partial charge in [-0.1, -0.05) is 66.7 Å². The zero-order valence-corrected chi connectivity index (χ0v) is 37.3. The summed E-state index contributed by atoms with van der Waals surface area (Å²) in [5.74, 6) is 3.48. The molecule has 0 radical (unpaired) electrons. The Morgan fingerprint density at radius 1 is 0.431 bits per heavy atom. The predicted octanol–water partition coefficient (Wildman–Crippen LogP) is 13.4. The highest BCUT2D eigenvalue weighted by Crippen LogP contribution is 2.44. The van der Waals surface area contributed by atoms with Crippen LogP contribution in [0.2, 0.25) is 0 Å². The van der Waals surface area contributed by atoms with Gasteiger partial charge in [-0.2, -0.15) is 0 Å². The predicted molar refractivity (Wildman–Crippen MR) is 240 cm³/mol. The van der Waals surface area contributed by atoms with Gasteiger partial charge in [-0.15, -0.1) is 0 Å². The van der Waals surface area contributed by atoms with Crippen LogP contribution in [0.4, 0.5) is 0 Å². The van der Waals surface area contributed by atoms with E-state index < -0.39 is 33.3 Å². The molecule has 0 atom stereocenters. The maximum absolute atomic E-state index is 6.60. The van der Waals surface area contributed by atoms with Crippen molar-refractivity contribution in [2.45, 2.75) is 127 Å². The molecule has 0 spiro atoms. The Kier molecular flexibility index (Phi) is 12.7. The summed E-state index contributed by atoms with van der Waals surface area (Å²) in [6, 6.07) is 40.2. The molecule has 58 heavy (non-hydrogen) atoms. The molecule has 0 heterocycles. The maximum Gasteiger partial charge on any atom is 0.208 e. The summed E-state index contributed by atoms with van der Waals surface area (Å²) in [4.78, 5) is 3.07. The summed E-state index contributed by atoms with van der Waals surface area (Å²) in [6.45, 7) is 25.2. The van der Waals surface area contributed by atoms with E-state index in [-0.39, 0.29) is 6.79 Å². The fourth-order valence-corrected chi connectivity index (χ4v) is 8.87. The molecule has 0 fully saturated rings. The number of hydrogen-bond donors (Lipinski definition) is 0. The van der Waals surface area contributed by atoms with E-state index in [1.54, 1.807) is 0 Å². The summed E-state index contributed by atoms with van der Waals surface area (Å²) in [5, 5.41) is 5.01. The van der Waals surface area contributed by atoms with Crippen LogP contribution in [0.5, 0.6) is 28.7 Å². The molecule has 6 rings (SSSR count). The van der Waals surface area contributed by atoms with Gasteiger partial charge >= 0.3 is 0 Å². The third kappa shape index (κ3) is 11.4. The quantitative estimate of drug-likeness (QED) is 0.0502. The molecule has 6 aromatic rings. The van der Waals surface area contributed by atoms with E-state index in [1.165, 1.54) is 27.1 Å². The van der Waals surface area contributed by atoms with Crippen LogP contribution in [0.15, 0.2) is 130 Å². The lowest BCUT2D eigenvalue weighted by Gasteiger charge is -2.28. The first-order chi connectivity index (χ1) is 27.2. The van der Waals surface area contributed by atoms with E-state index in [1.807, 2.05) is 65.8 Å². The second kappa shape index (κ2) is 17.2. The highest BCUT2D eigenvalue weighted by atomic mass is 32.2. The highest BCUT2D eigenvalue weighted by molar-refractivity contribution is 7.97. The number of benzene rings is 6. The summed E-state index contributed by atoms with van der Waals surface area (Å²) in [5.41, 5.74) is -0.475. The second-order valence-corrected chi connectivity index (χ2v) is 20.5. The van der Waals surface area contributed by atoms with Crippen LogP contribution in [0.3, 0.4) is 0 Å². The summed E-state index contributed by atoms with van der Waals surface area (Å²) >= 11 is 0. The van der Waals surface area contributed by atoms with Gasteiger partial charge in [0.1, 0.15) is 33.3 Å². The molecule has 0 saturated heterocycles. The average molecular weight is 802 g/mol. The van der Waals surface area contributed by atoms with Gasteiger partial charge in [0, 0.05) is 12.1 Å². The monoisotopic (exact) mass is 801 g/mol. The smallest absolute Gasteiger partial charge is 0.208 e. The van der Waals surface area contributed by atoms with Crippen molar-refractivity contribution < 1.29 is 28.4 Å². The molecule has 0 aliphatic carbocycles. The van der Waals surface area contributed by atoms with Crippen LogP contribution < -0.4 is 23.7 Å². The lowest BCUT2D eigenvalue weighted by Crippen LogP contribution is -2.27. The van der Waals surface area contributed by atoms with Crippen molar-refractivity contribution >= 4 is 32.4 Å². The number of fused-ring (bicyclic) bond motifs is 3. The topological polar surface area (TPSA) is 55.4 Å². The first-order valence-electron chi connectivity index (χ1n) is 20.2. The first-order valence-corrected chi connectivity index (χ1v) is 21.4. The highest BCUT2D eigenvalue weighted by Gasteiger charge is 2.36. The van der Waals surface area contributed by atoms with E-state index >= 15 is 0 Å². The SMILES string of the molecule is CC(C)(C)Oc1ccc([S+](c2ccc(OC(C)(C)C)c(OC(C)(C)C)c2)c2ccccc2OCOCCc2cc3ccccc3c3ccccc23)cc1OC(C)(C)C. The summed E-state index contributed by atoms with van der Waals surface area (Å²) in [6.07, 6.45) is 0.764. The maximum atomic E-state index is 6.60. The first kappa shape index (κ1) is 42.7. The van der Waals surface area contributed by atoms with Gasteiger partial charge in [-0.25, -0.2) is 0 Å². The molecule has 0 aliphatic rings. The van der Waals surface area contributed by atoms with Gasteiger partial charge < -0.3 is 28.4 Å². The van der Waals surface area contributed by atoms with Crippen molar-refractivity contribution in [3.05, 3.63) is 121 Å². The van der Waals surface area contributed by atoms with Gasteiger partial charge in [-0.3, -0.25) is 0 Å². The molecule has 0 aliphatic heterocycles. The van der Waals surface area contributed by atoms with E-state index in [0.29, 0.717) is 29.6 Å². The third-order valence-electron chi connectivity index (χ3n) is 8.70. The van der Waals surface area contributed by atoms with Crippen LogP contribution in [0.1, 0.15) is 88.6 Å². The molecule has 306 valence electrons. The van der Waals surface area contributed by atoms with E-state index in [4.69, 9.17) is 28.4 Å². The summed E-state index contributed by atoms with van der Waals surface area (Å²) < 4.78 is 38.8. The molecule has 6 aromatic carbocycles. The summed E-state index contributed by atoms with van der Waals surface area (Å²) in [7, 11) is -0.684. The van der Waals surface area contributed by atoms with Crippen LogP contribution in [0.25, 0.3) is 21.5 Å². The van der Waals surface area contributed by atoms with Crippen molar-refractivity contribution in [2.24, 2.45) is 0 Å². The molecule has 0 N–H and O–H groups in total. The Morgan fingerprint density at radius 2 is 0.897 bits per heavy atom. The van der Waals surface area contributed by atoms with Gasteiger partial charge in [0.15, 0.2) is 45.3 Å². The fraction of sp³-hybridized carbons (Fsp3) is 0.373. The van der Waals surface area contributed by atoms with Crippen molar-refractivity contribution in [1.82, 2.24) is 0 Å². The van der Waals surface area contributed by atoms with Crippen LogP contribution >= 0.6 is 0 Å². The Labute approximate surface area is 349 Å². The van der Waals surface area contributed by atoms with Crippen molar-refractivity contribution in [3.63, 3.8) is 0 Å². The Bertz CT molecular complexity index is 2260. The molecule has 0 unspecified atom stereocenters. The second-order valence-electron chi connectivity index (χ2n) is 18.6. The van der Waals surface area contributed by atoms with E-state index in [9.17, 15) is 0 Å². The number of ether oxygens (including phenoxy) is 6. The molecular formula is C51H61O6S+. The van der Waals surface area contributed by atoms with Crippen LogP contribution in [0, 0.1) is 0 Å². The minimum absolute atomic E-state index is 0.104. The lowest BCUT2D eigenvalue weighted by molar-refractivity contribution is 0.0154. The van der Waals surface area contributed by atoms with Crippen LogP contribution in [-0.2, 0) is 22.1 Å². The third-order valence-corrected chi connectivity index (χ3v) is 10.9. The standard InChI is InChI=1S/C51H61O6S/c1-48(2,3)54-42-27-25-37(32-45(42)56-50(7,8)9)58(38-26-28-43(55-49(4,5)6)46(33-38)57-51(10,11)12)47-24-18-17-23-44(47)53-34-52-30-29-36-31-35-19-13-14-20-39(35)41-22-16-15-21-40(36)41/h13-28,31-33H,29-30,34H2,1-12H3/q+1. The van der Waals surface area contributed by atoms with Crippen molar-refractivity contribution in [1.29, 1.82) is 0 Å². The zero-order chi connectivity index (χ0) is 41.9. The zero-order valence-electron chi connectivity index (χ0n) is 36.4. The molecule has 0 saturated carbocycles. The molecular weight excluding hydrogens is 741 g/mol. The van der Waals surface area contributed by atoms with Gasteiger partial charge in [-0.05, 0) is 153 Å². The Morgan fingerprint density at radius 3 is 1.45 bits per heavy atom. The number of hydrogen-bond acceptors (Lipinski definition) is 6. The van der Waals surface area contributed by atoms with Gasteiger partial charge in [0.05, 0.1) is 6.61 Å². The van der Waals surface area contributed by atoms with E-state index in [2.05, 4.69) is 133 Å². The minimum atomic E-state index is -0.684. The van der Waals surface area contributed by atoms with Crippen molar-refractivity contribution in [3.8, 4) is 28.7 Å². The molecule has 7 heteroatoms. The average Bonchev–Trinajstić information content (AvgIpc) is 3.12. The van der Waals surface area contributed by atoms with Gasteiger partial charge in [0.2, 0.25) is 4.90 Å². The fourth-order valence-electron chi connectivity index (χ4n) is 6.69. The number of para-hydroxylation sites is 1. The Hall–Kier alpha value is -4.85. The molecule has 0 amide bonds. The molecule has 6 nitrogen and oxygen atoms in total. The van der Waals surface area contributed by atoms with Crippen molar-refractivity contribution in [2.75, 3.05) is 13.4 Å². The Balaban J connectivity index is 1.36. The molecule has 0 bridgehead atoms. The molecule has 0 aromatic heterocycles. The van der Waals surface area contributed by atoms with Crippen LogP contribution in [-0.4, -0.2) is 35.8 Å². The van der Waals surface area contributed by atoms with E-state index in [0.717, 1.165) is 26.9 Å².